The van der Waals surface area contributed by atoms with E-state index in [9.17, 15) is 4.79 Å². The molecule has 23 heavy (non-hydrogen) atoms. The van der Waals surface area contributed by atoms with Crippen LogP contribution < -0.4 is 10.6 Å². The van der Waals surface area contributed by atoms with Gasteiger partial charge in [0.1, 0.15) is 12.3 Å². The molecule has 0 bridgehead atoms. The number of likely N-dealkylation sites (N-methyl/N-ethyl adjacent to an activating group) is 1. The van der Waals surface area contributed by atoms with Crippen LogP contribution in [0.1, 0.15) is 26.5 Å². The van der Waals surface area contributed by atoms with Crippen molar-refractivity contribution in [3.63, 3.8) is 0 Å². The Balaban J connectivity index is 0.00000484. The van der Waals surface area contributed by atoms with Gasteiger partial charge in [-0.3, -0.25) is 4.79 Å². The van der Waals surface area contributed by atoms with Crippen molar-refractivity contribution >= 4 is 35.8 Å². The van der Waals surface area contributed by atoms with Crippen LogP contribution in [0.3, 0.4) is 0 Å². The van der Waals surface area contributed by atoms with Crippen LogP contribution in [-0.4, -0.2) is 50.0 Å². The smallest absolute Gasteiger partial charge is 0.243 e. The maximum absolute atomic E-state index is 11.7. The average Bonchev–Trinajstić information content (AvgIpc) is 2.96. The number of amides is 1. The molecule has 6 nitrogen and oxygen atoms in total. The van der Waals surface area contributed by atoms with E-state index in [-0.39, 0.29) is 42.5 Å². The Labute approximate surface area is 156 Å². The van der Waals surface area contributed by atoms with Gasteiger partial charge in [0.25, 0.3) is 0 Å². The van der Waals surface area contributed by atoms with Crippen molar-refractivity contribution < 1.29 is 9.21 Å². The first kappa shape index (κ1) is 21.8. The van der Waals surface area contributed by atoms with Gasteiger partial charge in [-0.25, -0.2) is 4.99 Å². The highest BCUT2D eigenvalue weighted by Gasteiger charge is 2.10. The first-order chi connectivity index (χ1) is 10.4. The molecule has 1 aromatic rings. The van der Waals surface area contributed by atoms with Crippen LogP contribution in [0.15, 0.2) is 27.8 Å². The number of hydrogen-bond donors (Lipinski definition) is 2. The number of aliphatic imine (C=N–C) groups is 1. The second-order valence-corrected chi connectivity index (χ2v) is 5.89. The van der Waals surface area contributed by atoms with E-state index in [4.69, 9.17) is 4.42 Å². The van der Waals surface area contributed by atoms with E-state index in [1.807, 2.05) is 12.1 Å². The van der Waals surface area contributed by atoms with E-state index >= 15 is 0 Å². The topological polar surface area (TPSA) is 69.9 Å². The van der Waals surface area contributed by atoms with Crippen LogP contribution >= 0.6 is 24.0 Å². The van der Waals surface area contributed by atoms with Crippen molar-refractivity contribution in [1.29, 1.82) is 0 Å². The lowest BCUT2D eigenvalue weighted by Crippen LogP contribution is -2.45. The molecule has 7 heteroatoms. The largest absolute Gasteiger partial charge is 0.469 e. The molecule has 0 aliphatic heterocycles. The Morgan fingerprint density at radius 2 is 2.04 bits per heavy atom. The highest BCUT2D eigenvalue weighted by molar-refractivity contribution is 14.0. The van der Waals surface area contributed by atoms with E-state index in [0.717, 1.165) is 12.2 Å². The maximum atomic E-state index is 11.7. The van der Waals surface area contributed by atoms with Crippen molar-refractivity contribution in [1.82, 2.24) is 15.5 Å². The number of halogens is 1. The summed E-state index contributed by atoms with van der Waals surface area (Å²) in [5.74, 6) is 2.03. The van der Waals surface area contributed by atoms with Gasteiger partial charge in [-0.05, 0) is 25.0 Å². The van der Waals surface area contributed by atoms with Crippen LogP contribution in [-0.2, 0) is 11.2 Å². The molecule has 1 aromatic heterocycles. The standard InChI is InChI=1S/C16H28N4O2.HI/c1-12(2)13(3)19-16(18-11-15(21)20(4)5)17-9-8-14-7-6-10-22-14;/h6-7,10,12-13H,8-9,11H2,1-5H3,(H2,17,18,19);1H. The summed E-state index contributed by atoms with van der Waals surface area (Å²) in [5, 5.41) is 6.57. The van der Waals surface area contributed by atoms with Crippen LogP contribution in [0.4, 0.5) is 0 Å². The number of carbonyl (C=O) groups excluding carboxylic acids is 1. The van der Waals surface area contributed by atoms with Gasteiger partial charge in [0, 0.05) is 33.1 Å². The molecule has 0 aliphatic carbocycles. The van der Waals surface area contributed by atoms with Crippen molar-refractivity contribution in [3.05, 3.63) is 24.2 Å². The van der Waals surface area contributed by atoms with Crippen LogP contribution in [0.2, 0.25) is 0 Å². The molecule has 2 N–H and O–H groups in total. The summed E-state index contributed by atoms with van der Waals surface area (Å²) in [4.78, 5) is 17.6. The Hall–Kier alpha value is -1.25. The average molecular weight is 436 g/mol. The minimum Gasteiger partial charge on any atom is -0.469 e. The molecule has 1 rings (SSSR count). The number of nitrogens with one attached hydrogen (secondary N) is 2. The summed E-state index contributed by atoms with van der Waals surface area (Å²) in [7, 11) is 3.46. The first-order valence-corrected chi connectivity index (χ1v) is 7.67. The van der Waals surface area contributed by atoms with Crippen molar-refractivity contribution in [3.8, 4) is 0 Å². The first-order valence-electron chi connectivity index (χ1n) is 7.67. The third-order valence-corrected chi connectivity index (χ3v) is 3.48. The summed E-state index contributed by atoms with van der Waals surface area (Å²) >= 11 is 0. The third-order valence-electron chi connectivity index (χ3n) is 3.48. The molecule has 1 heterocycles. The summed E-state index contributed by atoms with van der Waals surface area (Å²) in [5.41, 5.74) is 0. The van der Waals surface area contributed by atoms with Crippen LogP contribution in [0.5, 0.6) is 0 Å². The van der Waals surface area contributed by atoms with E-state index in [2.05, 4.69) is 36.4 Å². The number of rotatable bonds is 7. The molecule has 1 atom stereocenters. The SMILES string of the molecule is CC(C)C(C)NC(=NCC(=O)N(C)C)NCCc1ccco1.I. The van der Waals surface area contributed by atoms with Gasteiger partial charge in [-0.15, -0.1) is 24.0 Å². The molecule has 0 fully saturated rings. The van der Waals surface area contributed by atoms with E-state index < -0.39 is 0 Å². The normalized spacial score (nSPS) is 12.5. The quantitative estimate of drug-likeness (QED) is 0.390. The molecule has 0 saturated carbocycles. The zero-order valence-electron chi connectivity index (χ0n) is 14.6. The maximum Gasteiger partial charge on any atom is 0.243 e. The molecule has 0 aromatic carbocycles. The zero-order chi connectivity index (χ0) is 16.5. The molecule has 0 saturated heterocycles. The third kappa shape index (κ3) is 8.83. The Morgan fingerprint density at radius 3 is 2.57 bits per heavy atom. The van der Waals surface area contributed by atoms with Crippen LogP contribution in [0, 0.1) is 5.92 Å². The molecule has 0 radical (unpaired) electrons. The van der Waals surface area contributed by atoms with Crippen LogP contribution in [0.25, 0.3) is 0 Å². The second-order valence-electron chi connectivity index (χ2n) is 5.89. The number of furan rings is 1. The highest BCUT2D eigenvalue weighted by Crippen LogP contribution is 2.01. The Kier molecular flexibility index (Phi) is 10.7. The van der Waals surface area contributed by atoms with Gasteiger partial charge in [-0.1, -0.05) is 13.8 Å². The molecule has 1 unspecified atom stereocenters. The molecule has 0 aliphatic rings. The molecular formula is C16H29IN4O2. The van der Waals surface area contributed by atoms with Gasteiger partial charge in [0.05, 0.1) is 6.26 Å². The number of carbonyl (C=O) groups is 1. The fraction of sp³-hybridized carbons (Fsp3) is 0.625. The fourth-order valence-electron chi connectivity index (χ4n) is 1.58. The Morgan fingerprint density at radius 1 is 1.35 bits per heavy atom. The number of nitrogens with zero attached hydrogens (tertiary/aromatic N) is 2. The van der Waals surface area contributed by atoms with E-state index in [1.165, 1.54) is 4.90 Å². The van der Waals surface area contributed by atoms with Gasteiger partial charge >= 0.3 is 0 Å². The molecule has 132 valence electrons. The fourth-order valence-corrected chi connectivity index (χ4v) is 1.58. The number of guanidine groups is 1. The molecule has 0 spiro atoms. The minimum atomic E-state index is -0.0238. The van der Waals surface area contributed by atoms with Gasteiger partial charge < -0.3 is 20.0 Å². The van der Waals surface area contributed by atoms with Gasteiger partial charge in [0.2, 0.25) is 5.91 Å². The number of hydrogen-bond acceptors (Lipinski definition) is 3. The summed E-state index contributed by atoms with van der Waals surface area (Å²) in [6.45, 7) is 7.21. The lowest BCUT2D eigenvalue weighted by Gasteiger charge is -2.21. The minimum absolute atomic E-state index is 0. The highest BCUT2D eigenvalue weighted by atomic mass is 127. The van der Waals surface area contributed by atoms with Gasteiger partial charge in [0.15, 0.2) is 5.96 Å². The molecular weight excluding hydrogens is 407 g/mol. The second kappa shape index (κ2) is 11.3. The summed E-state index contributed by atoms with van der Waals surface area (Å²) in [6.07, 6.45) is 2.44. The monoisotopic (exact) mass is 436 g/mol. The molecule has 1 amide bonds. The van der Waals surface area contributed by atoms with Crippen molar-refractivity contribution in [2.24, 2.45) is 10.9 Å². The van der Waals surface area contributed by atoms with Gasteiger partial charge in [-0.2, -0.15) is 0 Å². The van der Waals surface area contributed by atoms with E-state index in [1.54, 1.807) is 20.4 Å². The predicted molar refractivity (Wildman–Crippen MR) is 104 cm³/mol. The lowest BCUT2D eigenvalue weighted by molar-refractivity contribution is -0.127. The summed E-state index contributed by atoms with van der Waals surface area (Å²) < 4.78 is 5.30. The van der Waals surface area contributed by atoms with Crippen molar-refractivity contribution in [2.75, 3.05) is 27.2 Å². The Bertz CT molecular complexity index is 472. The van der Waals surface area contributed by atoms with E-state index in [0.29, 0.717) is 18.4 Å². The predicted octanol–water partition coefficient (Wildman–Crippen LogP) is 2.11. The zero-order valence-corrected chi connectivity index (χ0v) is 17.0. The summed E-state index contributed by atoms with van der Waals surface area (Å²) in [6, 6.07) is 4.08. The van der Waals surface area contributed by atoms with Crippen molar-refractivity contribution in [2.45, 2.75) is 33.2 Å². The lowest BCUT2D eigenvalue weighted by atomic mass is 10.1.